The number of amides is 3. The van der Waals surface area contributed by atoms with Crippen molar-refractivity contribution in [3.63, 3.8) is 0 Å². The molecular formula is C25H21FN4O4S. The molecule has 0 unspecified atom stereocenters. The second kappa shape index (κ2) is 10.1. The Morgan fingerprint density at radius 1 is 1.06 bits per heavy atom. The SMILES string of the molecule is Cc1nn(-c2ccccc2)c(C)c1C(=O)C(=O)NCCN1C(=O)S/C(=C\c2ccc(F)cc2)C1=O. The highest BCUT2D eigenvalue weighted by atomic mass is 32.2. The summed E-state index contributed by atoms with van der Waals surface area (Å²) >= 11 is 0.762. The van der Waals surface area contributed by atoms with Crippen LogP contribution in [0.2, 0.25) is 0 Å². The van der Waals surface area contributed by atoms with Gasteiger partial charge in [0.25, 0.3) is 22.8 Å². The highest BCUT2D eigenvalue weighted by molar-refractivity contribution is 8.18. The monoisotopic (exact) mass is 492 g/mol. The van der Waals surface area contributed by atoms with E-state index in [0.29, 0.717) is 17.0 Å². The van der Waals surface area contributed by atoms with Gasteiger partial charge in [-0.25, -0.2) is 9.07 Å². The Balaban J connectivity index is 1.38. The predicted octanol–water partition coefficient (Wildman–Crippen LogP) is 3.66. The first-order valence-corrected chi connectivity index (χ1v) is 11.5. The summed E-state index contributed by atoms with van der Waals surface area (Å²) in [4.78, 5) is 51.4. The summed E-state index contributed by atoms with van der Waals surface area (Å²) in [6.45, 7) is 3.19. The molecule has 2 aromatic carbocycles. The van der Waals surface area contributed by atoms with E-state index in [1.165, 1.54) is 30.3 Å². The van der Waals surface area contributed by atoms with Crippen LogP contribution in [-0.2, 0) is 9.59 Å². The lowest BCUT2D eigenvalue weighted by atomic mass is 10.1. The minimum Gasteiger partial charge on any atom is -0.347 e. The molecule has 1 aliphatic rings. The van der Waals surface area contributed by atoms with Crippen molar-refractivity contribution in [1.29, 1.82) is 0 Å². The molecule has 0 spiro atoms. The van der Waals surface area contributed by atoms with E-state index in [1.54, 1.807) is 18.5 Å². The van der Waals surface area contributed by atoms with Gasteiger partial charge in [0.15, 0.2) is 0 Å². The number of halogens is 1. The smallest absolute Gasteiger partial charge is 0.293 e. The fraction of sp³-hybridized carbons (Fsp3) is 0.160. The summed E-state index contributed by atoms with van der Waals surface area (Å²) in [5.41, 5.74) is 2.51. The molecule has 8 nitrogen and oxygen atoms in total. The number of carbonyl (C=O) groups is 4. The number of hydrogen-bond acceptors (Lipinski definition) is 6. The number of nitrogens with one attached hydrogen (secondary N) is 1. The van der Waals surface area contributed by atoms with E-state index < -0.39 is 28.7 Å². The number of aromatic nitrogens is 2. The first kappa shape index (κ1) is 24.1. The van der Waals surface area contributed by atoms with Crippen LogP contribution in [0.3, 0.4) is 0 Å². The van der Waals surface area contributed by atoms with Crippen molar-refractivity contribution in [3.05, 3.63) is 87.8 Å². The quantitative estimate of drug-likeness (QED) is 0.307. The Morgan fingerprint density at radius 2 is 1.74 bits per heavy atom. The van der Waals surface area contributed by atoms with Gasteiger partial charge in [0.1, 0.15) is 5.82 Å². The zero-order valence-corrected chi connectivity index (χ0v) is 19.8. The first-order chi connectivity index (χ1) is 16.8. The highest BCUT2D eigenvalue weighted by Gasteiger charge is 2.35. The molecule has 1 fully saturated rings. The molecule has 4 rings (SSSR count). The lowest BCUT2D eigenvalue weighted by molar-refractivity contribution is -0.123. The molecule has 0 radical (unpaired) electrons. The van der Waals surface area contributed by atoms with Crippen LogP contribution in [0.5, 0.6) is 0 Å². The molecule has 35 heavy (non-hydrogen) atoms. The van der Waals surface area contributed by atoms with Crippen molar-refractivity contribution in [2.75, 3.05) is 13.1 Å². The Labute approximate surface area is 204 Å². The van der Waals surface area contributed by atoms with Crippen LogP contribution < -0.4 is 5.32 Å². The van der Waals surface area contributed by atoms with Crippen molar-refractivity contribution in [3.8, 4) is 5.69 Å². The molecule has 10 heteroatoms. The van der Waals surface area contributed by atoms with Gasteiger partial charge in [-0.05, 0) is 61.5 Å². The fourth-order valence-electron chi connectivity index (χ4n) is 3.67. The number of thioether (sulfide) groups is 1. The van der Waals surface area contributed by atoms with Gasteiger partial charge < -0.3 is 5.32 Å². The van der Waals surface area contributed by atoms with Gasteiger partial charge in [-0.3, -0.25) is 24.1 Å². The third kappa shape index (κ3) is 5.07. The standard InChI is InChI=1S/C25H21FN4O4S/c1-15-21(16(2)30(28-15)19-6-4-3-5-7-19)22(31)23(32)27-12-13-29-24(33)20(35-25(29)34)14-17-8-10-18(26)11-9-17/h3-11,14H,12-13H2,1-2H3,(H,27,32)/b20-14-. The van der Waals surface area contributed by atoms with Crippen LogP contribution in [0.4, 0.5) is 9.18 Å². The van der Waals surface area contributed by atoms with E-state index in [1.807, 2.05) is 30.3 Å². The molecule has 1 aliphatic heterocycles. The number of ketones is 1. The number of Topliss-reactive ketones (excluding diaryl/α,β-unsaturated/α-hetero) is 1. The maximum atomic E-state index is 13.1. The molecular weight excluding hydrogens is 471 g/mol. The maximum absolute atomic E-state index is 13.1. The van der Waals surface area contributed by atoms with Gasteiger partial charge in [-0.2, -0.15) is 5.10 Å². The topological polar surface area (TPSA) is 101 Å². The van der Waals surface area contributed by atoms with Gasteiger partial charge in [-0.15, -0.1) is 0 Å². The van der Waals surface area contributed by atoms with Gasteiger partial charge >= 0.3 is 0 Å². The number of carbonyl (C=O) groups excluding carboxylic acids is 4. The number of benzene rings is 2. The summed E-state index contributed by atoms with van der Waals surface area (Å²) in [6, 6.07) is 14.8. The summed E-state index contributed by atoms with van der Waals surface area (Å²) in [6.07, 6.45) is 1.50. The van der Waals surface area contributed by atoms with E-state index in [-0.39, 0.29) is 23.6 Å². The minimum absolute atomic E-state index is 0.0860. The van der Waals surface area contributed by atoms with Crippen molar-refractivity contribution in [1.82, 2.24) is 20.0 Å². The van der Waals surface area contributed by atoms with Crippen molar-refractivity contribution < 1.29 is 23.6 Å². The molecule has 2 heterocycles. The summed E-state index contributed by atoms with van der Waals surface area (Å²) < 4.78 is 14.7. The maximum Gasteiger partial charge on any atom is 0.293 e. The first-order valence-electron chi connectivity index (χ1n) is 10.7. The number of imide groups is 1. The molecule has 0 bridgehead atoms. The van der Waals surface area contributed by atoms with Gasteiger partial charge in [0, 0.05) is 13.1 Å². The second-order valence-corrected chi connectivity index (χ2v) is 8.76. The third-order valence-electron chi connectivity index (χ3n) is 5.39. The Bertz CT molecular complexity index is 1350. The average Bonchev–Trinajstić information content (AvgIpc) is 3.29. The number of para-hydroxylation sites is 1. The van der Waals surface area contributed by atoms with Crippen LogP contribution in [0, 0.1) is 19.7 Å². The van der Waals surface area contributed by atoms with Crippen molar-refractivity contribution >= 4 is 40.7 Å². The summed E-state index contributed by atoms with van der Waals surface area (Å²) in [5.74, 6) is -2.51. The number of hydrogen-bond donors (Lipinski definition) is 1. The zero-order chi connectivity index (χ0) is 25.1. The highest BCUT2D eigenvalue weighted by Crippen LogP contribution is 2.31. The third-order valence-corrected chi connectivity index (χ3v) is 6.30. The number of nitrogens with zero attached hydrogens (tertiary/aromatic N) is 3. The molecule has 3 amide bonds. The largest absolute Gasteiger partial charge is 0.347 e. The van der Waals surface area contributed by atoms with Crippen LogP contribution in [0.25, 0.3) is 11.8 Å². The fourth-order valence-corrected chi connectivity index (χ4v) is 4.54. The average molecular weight is 493 g/mol. The van der Waals surface area contributed by atoms with E-state index >= 15 is 0 Å². The van der Waals surface area contributed by atoms with Crippen LogP contribution in [0.1, 0.15) is 27.3 Å². The van der Waals surface area contributed by atoms with E-state index in [9.17, 15) is 23.6 Å². The summed E-state index contributed by atoms with van der Waals surface area (Å²) in [7, 11) is 0. The normalized spacial score (nSPS) is 14.6. The number of rotatable bonds is 7. The van der Waals surface area contributed by atoms with Crippen LogP contribution >= 0.6 is 11.8 Å². The lowest BCUT2D eigenvalue weighted by Crippen LogP contribution is -2.39. The molecule has 1 saturated heterocycles. The van der Waals surface area contributed by atoms with Crippen LogP contribution in [0.15, 0.2) is 59.5 Å². The Morgan fingerprint density at radius 3 is 2.43 bits per heavy atom. The van der Waals surface area contributed by atoms with Crippen LogP contribution in [-0.4, -0.2) is 50.6 Å². The molecule has 0 aliphatic carbocycles. The molecule has 0 saturated carbocycles. The van der Waals surface area contributed by atoms with Crippen molar-refractivity contribution in [2.45, 2.75) is 13.8 Å². The van der Waals surface area contributed by atoms with Gasteiger partial charge in [0.05, 0.1) is 27.5 Å². The molecule has 0 atom stereocenters. The Kier molecular flexibility index (Phi) is 6.92. The second-order valence-electron chi connectivity index (χ2n) is 7.76. The van der Waals surface area contributed by atoms with E-state index in [0.717, 1.165) is 22.3 Å². The lowest BCUT2D eigenvalue weighted by Gasteiger charge is -2.12. The van der Waals surface area contributed by atoms with E-state index in [2.05, 4.69) is 10.4 Å². The molecule has 3 aromatic rings. The van der Waals surface area contributed by atoms with Crippen molar-refractivity contribution in [2.24, 2.45) is 0 Å². The summed E-state index contributed by atoms with van der Waals surface area (Å²) in [5, 5.41) is 6.38. The Hall–Kier alpha value is -4.05. The predicted molar refractivity (Wildman–Crippen MR) is 129 cm³/mol. The molecule has 1 aromatic heterocycles. The number of aryl methyl sites for hydroxylation is 1. The van der Waals surface area contributed by atoms with Gasteiger partial charge in [0.2, 0.25) is 0 Å². The van der Waals surface area contributed by atoms with Gasteiger partial charge in [-0.1, -0.05) is 30.3 Å². The molecule has 178 valence electrons. The minimum atomic E-state index is -0.849. The molecule has 1 N–H and O–H groups in total. The zero-order valence-electron chi connectivity index (χ0n) is 18.9. The van der Waals surface area contributed by atoms with E-state index in [4.69, 9.17) is 0 Å².